The Bertz CT molecular complexity index is 33.1. The van der Waals surface area contributed by atoms with Crippen LogP contribution in [0.1, 0.15) is 13.8 Å². The summed E-state index contributed by atoms with van der Waals surface area (Å²) >= 11 is 0. The maximum atomic E-state index is 8.08. The second kappa shape index (κ2) is 4.09. The monoisotopic (exact) mass is 104 g/mol. The largest absolute Gasteiger partial charge is 0.394 e. The van der Waals surface area contributed by atoms with Gasteiger partial charge >= 0.3 is 0 Å². The molecule has 44 valence electrons. The maximum absolute atomic E-state index is 8.08. The summed E-state index contributed by atoms with van der Waals surface area (Å²) < 4.78 is 4.61. The van der Waals surface area contributed by atoms with Crippen LogP contribution >= 0.6 is 0 Å². The van der Waals surface area contributed by atoms with Crippen molar-refractivity contribution in [1.29, 1.82) is 0 Å². The summed E-state index contributed by atoms with van der Waals surface area (Å²) in [6.45, 7) is 4.95. The zero-order chi connectivity index (χ0) is 5.70. The van der Waals surface area contributed by atoms with Crippen LogP contribution in [0.5, 0.6) is 0 Å². The van der Waals surface area contributed by atoms with Gasteiger partial charge in [-0.25, -0.2) is 0 Å². The number of aliphatic hydroxyl groups excluding tert-OH is 1. The molecule has 0 aliphatic carbocycles. The first-order valence-electron chi connectivity index (χ1n) is 2.66. The molecular formula is C5H12O2. The zero-order valence-corrected chi connectivity index (χ0v) is 4.85. The Morgan fingerprint density at radius 1 is 1.71 bits per heavy atom. The molecule has 0 bridgehead atoms. The van der Waals surface area contributed by atoms with E-state index in [-0.39, 0.29) is 12.7 Å². The van der Waals surface area contributed by atoms with Crippen LogP contribution in [-0.4, -0.2) is 24.4 Å². The van der Waals surface area contributed by atoms with Crippen molar-refractivity contribution >= 4 is 0 Å². The number of hydrogen-bond acceptors (Lipinski definition) is 2. The first kappa shape index (κ1) is 6.92. The Balaban J connectivity index is 0.000000162. The lowest BCUT2D eigenvalue weighted by atomic mass is 10.5. The second-order valence-corrected chi connectivity index (χ2v) is 1.14. The van der Waals surface area contributed by atoms with Gasteiger partial charge in [0.05, 0.1) is 13.2 Å². The number of aliphatic hydroxyl groups is 1. The van der Waals surface area contributed by atoms with Gasteiger partial charge in [-0.2, -0.15) is 0 Å². The molecule has 0 spiro atoms. The number of hydrogen-bond donors (Lipinski definition) is 1. The van der Waals surface area contributed by atoms with Gasteiger partial charge in [-0.3, -0.25) is 0 Å². The van der Waals surface area contributed by atoms with Crippen molar-refractivity contribution in [1.82, 2.24) is 0 Å². The van der Waals surface area contributed by atoms with Gasteiger partial charge in [0.15, 0.2) is 0 Å². The van der Waals surface area contributed by atoms with Crippen LogP contribution in [0.25, 0.3) is 0 Å². The molecule has 0 saturated carbocycles. The molecule has 2 heteroatoms. The normalized spacial score (nSPS) is 25.3. The molecule has 1 fully saturated rings. The van der Waals surface area contributed by atoms with Gasteiger partial charge in [-0.05, 0) is 0 Å². The summed E-state index contributed by atoms with van der Waals surface area (Å²) in [4.78, 5) is 0. The van der Waals surface area contributed by atoms with E-state index in [4.69, 9.17) is 5.11 Å². The summed E-state index contributed by atoms with van der Waals surface area (Å²) in [7, 11) is 0. The maximum Gasteiger partial charge on any atom is 0.104 e. The third-order valence-electron chi connectivity index (χ3n) is 0.606. The van der Waals surface area contributed by atoms with Crippen LogP contribution in [0.3, 0.4) is 0 Å². The van der Waals surface area contributed by atoms with Gasteiger partial charge in [0.2, 0.25) is 0 Å². The van der Waals surface area contributed by atoms with E-state index in [1.165, 1.54) is 0 Å². The summed E-state index contributed by atoms with van der Waals surface area (Å²) in [5, 5.41) is 8.08. The van der Waals surface area contributed by atoms with Gasteiger partial charge in [0, 0.05) is 0 Å². The summed E-state index contributed by atoms with van der Waals surface area (Å²) in [5.74, 6) is 0. The van der Waals surface area contributed by atoms with Gasteiger partial charge in [-0.15, -0.1) is 0 Å². The van der Waals surface area contributed by atoms with Crippen molar-refractivity contribution in [2.24, 2.45) is 0 Å². The van der Waals surface area contributed by atoms with Crippen LogP contribution in [0.15, 0.2) is 0 Å². The second-order valence-electron chi connectivity index (χ2n) is 1.14. The van der Waals surface area contributed by atoms with Gasteiger partial charge in [0.25, 0.3) is 0 Å². The molecule has 0 aromatic carbocycles. The minimum absolute atomic E-state index is 0.190. The van der Waals surface area contributed by atoms with Crippen molar-refractivity contribution in [3.8, 4) is 0 Å². The van der Waals surface area contributed by atoms with Crippen molar-refractivity contribution in [3.63, 3.8) is 0 Å². The molecule has 1 saturated heterocycles. The minimum atomic E-state index is 0.190. The fraction of sp³-hybridized carbons (Fsp3) is 1.00. The van der Waals surface area contributed by atoms with Crippen LogP contribution in [-0.2, 0) is 4.74 Å². The molecule has 1 unspecified atom stereocenters. The molecule has 1 aliphatic rings. The highest BCUT2D eigenvalue weighted by Crippen LogP contribution is 2.04. The van der Waals surface area contributed by atoms with Crippen molar-refractivity contribution in [2.45, 2.75) is 20.0 Å². The highest BCUT2D eigenvalue weighted by atomic mass is 16.6. The Hall–Kier alpha value is -0.0800. The molecule has 1 rings (SSSR count). The van der Waals surface area contributed by atoms with E-state index in [1.807, 2.05) is 13.8 Å². The molecule has 0 aromatic heterocycles. The average Bonchev–Trinajstić information content (AvgIpc) is 2.52. The summed E-state index contributed by atoms with van der Waals surface area (Å²) in [5.41, 5.74) is 0. The van der Waals surface area contributed by atoms with Gasteiger partial charge in [0.1, 0.15) is 6.10 Å². The number of rotatable bonds is 1. The molecule has 1 atom stereocenters. The van der Waals surface area contributed by atoms with Crippen LogP contribution in [0, 0.1) is 0 Å². The Kier molecular flexibility index (Phi) is 4.04. The van der Waals surface area contributed by atoms with E-state index in [0.717, 1.165) is 6.61 Å². The first-order chi connectivity index (χ1) is 3.43. The Morgan fingerprint density at radius 3 is 2.14 bits per heavy atom. The fourth-order valence-electron chi connectivity index (χ4n) is 0.173. The Morgan fingerprint density at radius 2 is 2.14 bits per heavy atom. The molecule has 2 nitrogen and oxygen atoms in total. The predicted octanol–water partition coefficient (Wildman–Crippen LogP) is 0.404. The third-order valence-corrected chi connectivity index (χ3v) is 0.606. The van der Waals surface area contributed by atoms with Gasteiger partial charge < -0.3 is 9.84 Å². The molecule has 1 aliphatic heterocycles. The van der Waals surface area contributed by atoms with Crippen LogP contribution in [0.2, 0.25) is 0 Å². The molecule has 0 aromatic rings. The van der Waals surface area contributed by atoms with E-state index < -0.39 is 0 Å². The predicted molar refractivity (Wildman–Crippen MR) is 28.2 cm³/mol. The van der Waals surface area contributed by atoms with E-state index in [2.05, 4.69) is 4.74 Å². The SMILES string of the molecule is CC.OCC1CO1. The molecule has 1 N–H and O–H groups in total. The Labute approximate surface area is 44.1 Å². The number of epoxide rings is 1. The fourth-order valence-corrected chi connectivity index (χ4v) is 0.173. The quantitative estimate of drug-likeness (QED) is 0.488. The van der Waals surface area contributed by atoms with Crippen LogP contribution in [0.4, 0.5) is 0 Å². The third kappa shape index (κ3) is 3.76. The summed E-state index contributed by atoms with van der Waals surface area (Å²) in [6.07, 6.45) is 0.190. The smallest absolute Gasteiger partial charge is 0.104 e. The van der Waals surface area contributed by atoms with Crippen molar-refractivity contribution < 1.29 is 9.84 Å². The highest BCUT2D eigenvalue weighted by Gasteiger charge is 2.19. The topological polar surface area (TPSA) is 32.8 Å². The van der Waals surface area contributed by atoms with Crippen molar-refractivity contribution in [2.75, 3.05) is 13.2 Å². The lowest BCUT2D eigenvalue weighted by molar-refractivity contribution is 0.244. The average molecular weight is 104 g/mol. The van der Waals surface area contributed by atoms with E-state index in [9.17, 15) is 0 Å². The molecule has 1 heterocycles. The summed E-state index contributed by atoms with van der Waals surface area (Å²) in [6, 6.07) is 0. The zero-order valence-electron chi connectivity index (χ0n) is 4.85. The number of ether oxygens (including phenoxy) is 1. The van der Waals surface area contributed by atoms with E-state index in [0.29, 0.717) is 0 Å². The minimum Gasteiger partial charge on any atom is -0.394 e. The first-order valence-corrected chi connectivity index (χ1v) is 2.66. The molecular weight excluding hydrogens is 92.1 g/mol. The standard InChI is InChI=1S/C3H6O2.C2H6/c4-1-3-2-5-3;1-2/h3-4H,1-2H2;1-2H3. The molecule has 0 amide bonds. The van der Waals surface area contributed by atoms with Gasteiger partial charge in [-0.1, -0.05) is 13.8 Å². The van der Waals surface area contributed by atoms with E-state index >= 15 is 0 Å². The van der Waals surface area contributed by atoms with Crippen LogP contribution < -0.4 is 0 Å². The van der Waals surface area contributed by atoms with Crippen molar-refractivity contribution in [3.05, 3.63) is 0 Å². The highest BCUT2D eigenvalue weighted by molar-refractivity contribution is 4.65. The molecule has 7 heavy (non-hydrogen) atoms. The molecule has 0 radical (unpaired) electrons. The van der Waals surface area contributed by atoms with E-state index in [1.54, 1.807) is 0 Å². The lowest BCUT2D eigenvalue weighted by Gasteiger charge is -1.70. The lowest BCUT2D eigenvalue weighted by Crippen LogP contribution is -1.88.